The molecule has 3 rings (SSSR count). The highest BCUT2D eigenvalue weighted by Gasteiger charge is 2.22. The lowest BCUT2D eigenvalue weighted by atomic mass is 10.0. The van der Waals surface area contributed by atoms with Crippen LogP contribution in [0.1, 0.15) is 24.0 Å². The van der Waals surface area contributed by atoms with Crippen molar-refractivity contribution in [2.45, 2.75) is 32.4 Å². The molecule has 0 amide bonds. The highest BCUT2D eigenvalue weighted by Crippen LogP contribution is 2.10. The van der Waals surface area contributed by atoms with E-state index in [-0.39, 0.29) is 0 Å². The fourth-order valence-corrected chi connectivity index (χ4v) is 3.64. The van der Waals surface area contributed by atoms with Gasteiger partial charge in [0, 0.05) is 35.2 Å². The van der Waals surface area contributed by atoms with Gasteiger partial charge in [-0.05, 0) is 43.4 Å². The van der Waals surface area contributed by atoms with Crippen LogP contribution in [0.15, 0.2) is 48.5 Å². The second kappa shape index (κ2) is 8.65. The normalized spacial score (nSPS) is 20.1. The Morgan fingerprint density at radius 3 is 2.36 bits per heavy atom. The number of nitrogens with one attached hydrogen (secondary N) is 3. The fraction of sp³-hybridized carbons (Fsp3) is 0.350. The van der Waals surface area contributed by atoms with Crippen molar-refractivity contribution in [2.24, 2.45) is 0 Å². The first kappa shape index (κ1) is 18.2. The lowest BCUT2D eigenvalue weighted by molar-refractivity contribution is -0.918. The van der Waals surface area contributed by atoms with Gasteiger partial charge >= 0.3 is 0 Å². The molecule has 1 aliphatic rings. The van der Waals surface area contributed by atoms with E-state index in [2.05, 4.69) is 54.0 Å². The van der Waals surface area contributed by atoms with Crippen LogP contribution in [0.25, 0.3) is 0 Å². The van der Waals surface area contributed by atoms with Gasteiger partial charge in [0.2, 0.25) is 0 Å². The molecule has 1 aliphatic heterocycles. The molecule has 132 valence electrons. The fourth-order valence-electron chi connectivity index (χ4n) is 3.23. The van der Waals surface area contributed by atoms with Crippen molar-refractivity contribution in [3.63, 3.8) is 0 Å². The number of likely N-dealkylation sites (tertiary alicyclic amines) is 1. The molecule has 0 aliphatic carbocycles. The molecule has 2 aromatic carbocycles. The van der Waals surface area contributed by atoms with Crippen LogP contribution in [0, 0.1) is 6.92 Å². The maximum atomic E-state index is 5.95. The molecule has 25 heavy (non-hydrogen) atoms. The summed E-state index contributed by atoms with van der Waals surface area (Å²) in [5, 5.41) is 8.26. The van der Waals surface area contributed by atoms with E-state index in [4.69, 9.17) is 23.8 Å². The van der Waals surface area contributed by atoms with Gasteiger partial charge in [0.05, 0.1) is 13.1 Å². The predicted molar refractivity (Wildman–Crippen MR) is 109 cm³/mol. The SMILES string of the molecule is Cc1ccc(NC(=S)NC2CC[NH+](Cc3ccc(Cl)cc3)CC2)cc1. The van der Waals surface area contributed by atoms with E-state index in [1.165, 1.54) is 11.1 Å². The first-order valence-electron chi connectivity index (χ1n) is 8.81. The minimum absolute atomic E-state index is 0.458. The molecule has 0 atom stereocenters. The summed E-state index contributed by atoms with van der Waals surface area (Å²) in [6.45, 7) is 5.47. The molecular weight excluding hydrogens is 350 g/mol. The minimum atomic E-state index is 0.458. The van der Waals surface area contributed by atoms with Crippen molar-refractivity contribution in [3.8, 4) is 0 Å². The summed E-state index contributed by atoms with van der Waals surface area (Å²) in [6.07, 6.45) is 2.28. The molecule has 1 fully saturated rings. The smallest absolute Gasteiger partial charge is 0.171 e. The summed E-state index contributed by atoms with van der Waals surface area (Å²) in [7, 11) is 0. The van der Waals surface area contributed by atoms with E-state index in [1.807, 2.05) is 12.1 Å². The Balaban J connectivity index is 1.42. The zero-order valence-electron chi connectivity index (χ0n) is 14.5. The largest absolute Gasteiger partial charge is 0.359 e. The standard InChI is InChI=1S/C20H24ClN3S/c1-15-2-8-18(9-3-15)22-20(25)23-19-10-12-24(13-11-19)14-16-4-6-17(21)7-5-16/h2-9,19H,10-14H2,1H3,(H2,22,23,25)/p+1. The number of anilines is 1. The van der Waals surface area contributed by atoms with Gasteiger partial charge < -0.3 is 15.5 Å². The quantitative estimate of drug-likeness (QED) is 0.718. The van der Waals surface area contributed by atoms with Crippen LogP contribution in [0.5, 0.6) is 0 Å². The average Bonchev–Trinajstić information content (AvgIpc) is 2.61. The van der Waals surface area contributed by atoms with E-state index in [1.54, 1.807) is 4.90 Å². The number of rotatable bonds is 4. The number of hydrogen-bond donors (Lipinski definition) is 3. The van der Waals surface area contributed by atoms with Crippen molar-refractivity contribution in [2.75, 3.05) is 18.4 Å². The summed E-state index contributed by atoms with van der Waals surface area (Å²) in [5.74, 6) is 0. The maximum Gasteiger partial charge on any atom is 0.171 e. The van der Waals surface area contributed by atoms with Crippen molar-refractivity contribution in [1.29, 1.82) is 0 Å². The molecule has 1 saturated heterocycles. The van der Waals surface area contributed by atoms with Crippen molar-refractivity contribution >= 4 is 34.6 Å². The Morgan fingerprint density at radius 2 is 1.72 bits per heavy atom. The van der Waals surface area contributed by atoms with E-state index in [9.17, 15) is 0 Å². The van der Waals surface area contributed by atoms with Crippen LogP contribution in [0.4, 0.5) is 5.69 Å². The van der Waals surface area contributed by atoms with Gasteiger partial charge in [0.1, 0.15) is 6.54 Å². The Hall–Kier alpha value is -1.62. The van der Waals surface area contributed by atoms with Gasteiger partial charge in [-0.3, -0.25) is 0 Å². The maximum absolute atomic E-state index is 5.95. The molecule has 5 heteroatoms. The van der Waals surface area contributed by atoms with Crippen molar-refractivity contribution in [1.82, 2.24) is 5.32 Å². The molecule has 0 bridgehead atoms. The number of hydrogen-bond acceptors (Lipinski definition) is 1. The van der Waals surface area contributed by atoms with E-state index in [0.717, 1.165) is 48.3 Å². The second-order valence-electron chi connectivity index (χ2n) is 6.79. The summed E-state index contributed by atoms with van der Waals surface area (Å²) in [5.41, 5.74) is 3.64. The monoisotopic (exact) mass is 374 g/mol. The van der Waals surface area contributed by atoms with Gasteiger partial charge in [-0.2, -0.15) is 0 Å². The number of aryl methyl sites for hydroxylation is 1. The summed E-state index contributed by atoms with van der Waals surface area (Å²) in [6, 6.07) is 16.9. The molecule has 0 aromatic heterocycles. The zero-order chi connectivity index (χ0) is 17.6. The topological polar surface area (TPSA) is 28.5 Å². The van der Waals surface area contributed by atoms with E-state index >= 15 is 0 Å². The summed E-state index contributed by atoms with van der Waals surface area (Å²) < 4.78 is 0. The minimum Gasteiger partial charge on any atom is -0.359 e. The third kappa shape index (κ3) is 5.70. The molecule has 0 unspecified atom stereocenters. The Bertz CT molecular complexity index is 692. The van der Waals surface area contributed by atoms with Crippen LogP contribution < -0.4 is 15.5 Å². The second-order valence-corrected chi connectivity index (χ2v) is 7.64. The van der Waals surface area contributed by atoms with Crippen molar-refractivity contribution in [3.05, 3.63) is 64.7 Å². The first-order valence-corrected chi connectivity index (χ1v) is 9.59. The van der Waals surface area contributed by atoms with Crippen molar-refractivity contribution < 1.29 is 4.90 Å². The predicted octanol–water partition coefficient (Wildman–Crippen LogP) is 3.18. The molecule has 0 spiro atoms. The van der Waals surface area contributed by atoms with Gasteiger partial charge in [0.25, 0.3) is 0 Å². The Kier molecular flexibility index (Phi) is 6.29. The van der Waals surface area contributed by atoms with Crippen LogP contribution >= 0.6 is 23.8 Å². The van der Waals surface area contributed by atoms with Gasteiger partial charge in [-0.1, -0.05) is 41.4 Å². The van der Waals surface area contributed by atoms with Gasteiger partial charge in [-0.15, -0.1) is 0 Å². The van der Waals surface area contributed by atoms with Gasteiger partial charge in [0.15, 0.2) is 5.11 Å². The lowest BCUT2D eigenvalue weighted by Gasteiger charge is -2.30. The molecule has 3 nitrogen and oxygen atoms in total. The Morgan fingerprint density at radius 1 is 1.08 bits per heavy atom. The molecule has 3 N–H and O–H groups in total. The van der Waals surface area contributed by atoms with Crippen LogP contribution in [-0.2, 0) is 6.54 Å². The third-order valence-electron chi connectivity index (χ3n) is 4.70. The number of piperidine rings is 1. The zero-order valence-corrected chi connectivity index (χ0v) is 16.1. The summed E-state index contributed by atoms with van der Waals surface area (Å²) >= 11 is 11.4. The first-order chi connectivity index (χ1) is 12.1. The number of quaternary nitrogens is 1. The highest BCUT2D eigenvalue weighted by atomic mass is 35.5. The number of halogens is 1. The Labute approximate surface area is 160 Å². The highest BCUT2D eigenvalue weighted by molar-refractivity contribution is 7.80. The van der Waals surface area contributed by atoms with Gasteiger partial charge in [-0.25, -0.2) is 0 Å². The van der Waals surface area contributed by atoms with E-state index < -0.39 is 0 Å². The summed E-state index contributed by atoms with van der Waals surface area (Å²) in [4.78, 5) is 1.62. The van der Waals surface area contributed by atoms with Crippen LogP contribution in [-0.4, -0.2) is 24.2 Å². The molecular formula is C20H25ClN3S+. The average molecular weight is 375 g/mol. The van der Waals surface area contributed by atoms with Crippen LogP contribution in [0.2, 0.25) is 5.02 Å². The van der Waals surface area contributed by atoms with E-state index in [0.29, 0.717) is 6.04 Å². The molecule has 0 radical (unpaired) electrons. The number of benzene rings is 2. The van der Waals surface area contributed by atoms with Crippen LogP contribution in [0.3, 0.4) is 0 Å². The molecule has 1 heterocycles. The molecule has 2 aromatic rings. The molecule has 0 saturated carbocycles. The number of thiocarbonyl (C=S) groups is 1. The lowest BCUT2D eigenvalue weighted by Crippen LogP contribution is -3.12. The third-order valence-corrected chi connectivity index (χ3v) is 5.18.